The number of nitrogens with one attached hydrogen (secondary N) is 2. The summed E-state index contributed by atoms with van der Waals surface area (Å²) in [5, 5.41) is 5.74. The summed E-state index contributed by atoms with van der Waals surface area (Å²) in [5.74, 6) is -0.195. The van der Waals surface area contributed by atoms with Crippen LogP contribution >= 0.6 is 0 Å². The van der Waals surface area contributed by atoms with Crippen molar-refractivity contribution in [3.05, 3.63) is 47.8 Å². The summed E-state index contributed by atoms with van der Waals surface area (Å²) < 4.78 is 0. The van der Waals surface area contributed by atoms with Crippen LogP contribution in [0.2, 0.25) is 0 Å². The molecule has 2 rings (SSSR count). The summed E-state index contributed by atoms with van der Waals surface area (Å²) in [4.78, 5) is 24.3. The first-order valence-electron chi connectivity index (χ1n) is 5.88. The van der Waals surface area contributed by atoms with Gasteiger partial charge in [-0.05, 0) is 13.0 Å². The molecule has 19 heavy (non-hydrogen) atoms. The number of anilines is 1. The molecular weight excluding hydrogens is 242 g/mol. The number of carbonyl (C=O) groups excluding carboxylic acids is 1. The van der Waals surface area contributed by atoms with Gasteiger partial charge in [-0.2, -0.15) is 0 Å². The van der Waals surface area contributed by atoms with E-state index >= 15 is 0 Å². The van der Waals surface area contributed by atoms with E-state index in [0.29, 0.717) is 17.8 Å². The first-order chi connectivity index (χ1) is 9.20. The Morgan fingerprint density at radius 1 is 1.26 bits per heavy atom. The lowest BCUT2D eigenvalue weighted by molar-refractivity contribution is 0.0951. The number of aromatic nitrogens is 3. The first-order valence-corrected chi connectivity index (χ1v) is 5.88. The first kappa shape index (κ1) is 12.9. The van der Waals surface area contributed by atoms with Crippen LogP contribution in [0.25, 0.3) is 0 Å². The lowest BCUT2D eigenvalue weighted by Crippen LogP contribution is -2.24. The van der Waals surface area contributed by atoms with E-state index in [1.54, 1.807) is 31.7 Å². The molecule has 0 saturated heterocycles. The quantitative estimate of drug-likeness (QED) is 0.859. The van der Waals surface area contributed by atoms with E-state index in [9.17, 15) is 4.79 Å². The lowest BCUT2D eigenvalue weighted by atomic mass is 10.2. The maximum atomic E-state index is 12.0. The summed E-state index contributed by atoms with van der Waals surface area (Å²) in [5.41, 5.74) is 2.81. The van der Waals surface area contributed by atoms with Gasteiger partial charge in [0.15, 0.2) is 0 Å². The molecule has 0 atom stereocenters. The molecule has 0 fully saturated rings. The highest BCUT2D eigenvalue weighted by atomic mass is 16.1. The zero-order chi connectivity index (χ0) is 13.7. The van der Waals surface area contributed by atoms with Gasteiger partial charge in [-0.25, -0.2) is 0 Å². The third kappa shape index (κ3) is 3.25. The molecule has 0 saturated carbocycles. The van der Waals surface area contributed by atoms with Crippen molar-refractivity contribution in [2.24, 2.45) is 0 Å². The molecule has 0 aliphatic carbocycles. The van der Waals surface area contributed by atoms with Crippen molar-refractivity contribution < 1.29 is 4.79 Å². The zero-order valence-corrected chi connectivity index (χ0v) is 10.8. The Morgan fingerprint density at radius 3 is 2.79 bits per heavy atom. The smallest absolute Gasteiger partial charge is 0.255 e. The number of amides is 1. The van der Waals surface area contributed by atoms with E-state index in [0.717, 1.165) is 11.4 Å². The molecule has 2 heterocycles. The minimum atomic E-state index is -0.195. The number of hydrogen-bond donors (Lipinski definition) is 2. The predicted octanol–water partition coefficient (Wildman–Crippen LogP) is 1.15. The second-order valence-electron chi connectivity index (χ2n) is 4.00. The fourth-order valence-corrected chi connectivity index (χ4v) is 1.57. The zero-order valence-electron chi connectivity index (χ0n) is 10.8. The molecule has 0 aliphatic rings. The van der Waals surface area contributed by atoms with Gasteiger partial charge in [-0.1, -0.05) is 0 Å². The van der Waals surface area contributed by atoms with Crippen LogP contribution in [0.15, 0.2) is 30.9 Å². The molecule has 2 aromatic rings. The van der Waals surface area contributed by atoms with Gasteiger partial charge in [-0.15, -0.1) is 0 Å². The Kier molecular flexibility index (Phi) is 4.02. The van der Waals surface area contributed by atoms with Gasteiger partial charge in [0.2, 0.25) is 0 Å². The van der Waals surface area contributed by atoms with Crippen molar-refractivity contribution in [3.63, 3.8) is 0 Å². The molecule has 98 valence electrons. The lowest BCUT2D eigenvalue weighted by Gasteiger charge is -2.08. The summed E-state index contributed by atoms with van der Waals surface area (Å²) in [6.07, 6.45) is 6.48. The van der Waals surface area contributed by atoms with Crippen molar-refractivity contribution in [1.82, 2.24) is 20.3 Å². The fourth-order valence-electron chi connectivity index (χ4n) is 1.57. The third-order valence-corrected chi connectivity index (χ3v) is 2.60. The fraction of sp³-hybridized carbons (Fsp3) is 0.231. The largest absolute Gasteiger partial charge is 0.387 e. The number of carbonyl (C=O) groups is 1. The van der Waals surface area contributed by atoms with Gasteiger partial charge in [-0.3, -0.25) is 19.7 Å². The maximum absolute atomic E-state index is 12.0. The molecule has 1 amide bonds. The molecule has 2 aromatic heterocycles. The Balaban J connectivity index is 2.03. The Labute approximate surface area is 111 Å². The number of rotatable bonds is 4. The average molecular weight is 257 g/mol. The molecular formula is C13H15N5O. The highest BCUT2D eigenvalue weighted by Crippen LogP contribution is 2.12. The summed E-state index contributed by atoms with van der Waals surface area (Å²) in [6, 6.07) is 1.75. The van der Waals surface area contributed by atoms with Crippen LogP contribution in [-0.2, 0) is 6.54 Å². The number of aryl methyl sites for hydroxylation is 1. The number of hydrogen-bond acceptors (Lipinski definition) is 5. The highest BCUT2D eigenvalue weighted by molar-refractivity contribution is 5.99. The van der Waals surface area contributed by atoms with Crippen LogP contribution in [0.4, 0.5) is 5.69 Å². The molecule has 0 radical (unpaired) electrons. The van der Waals surface area contributed by atoms with Crippen LogP contribution < -0.4 is 10.6 Å². The van der Waals surface area contributed by atoms with Crippen LogP contribution in [0.5, 0.6) is 0 Å². The van der Waals surface area contributed by atoms with Gasteiger partial charge in [0.05, 0.1) is 29.7 Å². The van der Waals surface area contributed by atoms with E-state index in [1.807, 2.05) is 6.92 Å². The van der Waals surface area contributed by atoms with Crippen LogP contribution in [0.3, 0.4) is 0 Å². The van der Waals surface area contributed by atoms with Gasteiger partial charge in [0.1, 0.15) is 0 Å². The van der Waals surface area contributed by atoms with Crippen LogP contribution in [0, 0.1) is 6.92 Å². The van der Waals surface area contributed by atoms with Crippen molar-refractivity contribution in [1.29, 1.82) is 0 Å². The minimum absolute atomic E-state index is 0.195. The molecule has 0 bridgehead atoms. The van der Waals surface area contributed by atoms with Gasteiger partial charge < -0.3 is 10.6 Å². The van der Waals surface area contributed by atoms with E-state index < -0.39 is 0 Å². The summed E-state index contributed by atoms with van der Waals surface area (Å²) in [7, 11) is 1.76. The van der Waals surface area contributed by atoms with Crippen molar-refractivity contribution >= 4 is 11.6 Å². The van der Waals surface area contributed by atoms with Crippen molar-refractivity contribution in [2.45, 2.75) is 13.5 Å². The molecule has 0 unspecified atom stereocenters. The molecule has 6 nitrogen and oxygen atoms in total. The Hall–Kier alpha value is -2.50. The standard InChI is InChI=1S/C13H15N5O/c1-9-5-17-10(6-16-9)7-18-13(19)11-8-15-4-3-12(11)14-2/h3-6,8H,7H2,1-2H3,(H,14,15)(H,18,19). The monoisotopic (exact) mass is 257 g/mol. The molecule has 0 aromatic carbocycles. The van der Waals surface area contributed by atoms with E-state index in [2.05, 4.69) is 25.6 Å². The summed E-state index contributed by atoms with van der Waals surface area (Å²) in [6.45, 7) is 2.20. The number of pyridine rings is 1. The second kappa shape index (κ2) is 5.90. The third-order valence-electron chi connectivity index (χ3n) is 2.60. The SMILES string of the molecule is CNc1ccncc1C(=O)NCc1cnc(C)cn1. The van der Waals surface area contributed by atoms with E-state index in [1.165, 1.54) is 6.20 Å². The van der Waals surface area contributed by atoms with Gasteiger partial charge >= 0.3 is 0 Å². The normalized spacial score (nSPS) is 10.0. The Bertz CT molecular complexity index is 568. The molecule has 0 spiro atoms. The number of nitrogens with zero attached hydrogens (tertiary/aromatic N) is 3. The van der Waals surface area contributed by atoms with E-state index in [-0.39, 0.29) is 5.91 Å². The van der Waals surface area contributed by atoms with Gasteiger partial charge in [0.25, 0.3) is 5.91 Å². The minimum Gasteiger partial charge on any atom is -0.387 e. The Morgan fingerprint density at radius 2 is 2.11 bits per heavy atom. The predicted molar refractivity (Wildman–Crippen MR) is 71.7 cm³/mol. The van der Waals surface area contributed by atoms with Crippen LogP contribution in [0.1, 0.15) is 21.7 Å². The topological polar surface area (TPSA) is 79.8 Å². The average Bonchev–Trinajstić information content (AvgIpc) is 2.46. The molecule has 6 heteroatoms. The van der Waals surface area contributed by atoms with Crippen molar-refractivity contribution in [2.75, 3.05) is 12.4 Å². The maximum Gasteiger partial charge on any atom is 0.255 e. The van der Waals surface area contributed by atoms with Crippen LogP contribution in [-0.4, -0.2) is 27.9 Å². The van der Waals surface area contributed by atoms with Crippen molar-refractivity contribution in [3.8, 4) is 0 Å². The highest BCUT2D eigenvalue weighted by Gasteiger charge is 2.10. The van der Waals surface area contributed by atoms with Gasteiger partial charge in [0, 0.05) is 31.3 Å². The summed E-state index contributed by atoms with van der Waals surface area (Å²) >= 11 is 0. The second-order valence-corrected chi connectivity index (χ2v) is 4.00. The molecule has 0 aliphatic heterocycles. The molecule has 2 N–H and O–H groups in total. The van der Waals surface area contributed by atoms with E-state index in [4.69, 9.17) is 0 Å².